The largest absolute Gasteiger partial charge is 0.481 e. The summed E-state index contributed by atoms with van der Waals surface area (Å²) in [5, 5.41) is 17.2. The van der Waals surface area contributed by atoms with Gasteiger partial charge in [0.2, 0.25) is 5.91 Å². The highest BCUT2D eigenvalue weighted by atomic mass is 16.5. The van der Waals surface area contributed by atoms with E-state index in [0.29, 0.717) is 12.1 Å². The van der Waals surface area contributed by atoms with Gasteiger partial charge >= 0.3 is 11.9 Å². The van der Waals surface area contributed by atoms with Gasteiger partial charge in [0.15, 0.2) is 5.41 Å². The van der Waals surface area contributed by atoms with Crippen LogP contribution in [-0.2, 0) is 19.8 Å². The summed E-state index contributed by atoms with van der Waals surface area (Å²) in [6.07, 6.45) is -0.0131. The lowest BCUT2D eigenvalue weighted by Crippen LogP contribution is -2.49. The lowest BCUT2D eigenvalue weighted by molar-refractivity contribution is -0.149. The van der Waals surface area contributed by atoms with Crippen molar-refractivity contribution in [1.29, 1.82) is 0 Å². The van der Waals surface area contributed by atoms with Gasteiger partial charge in [-0.2, -0.15) is 0 Å². The fourth-order valence-electron chi connectivity index (χ4n) is 2.70. The van der Waals surface area contributed by atoms with Gasteiger partial charge in [-0.05, 0) is 56.9 Å². The summed E-state index contributed by atoms with van der Waals surface area (Å²) in [6.45, 7) is 1.42. The van der Waals surface area contributed by atoms with E-state index in [1.807, 2.05) is 0 Å². The van der Waals surface area contributed by atoms with Crippen molar-refractivity contribution in [3.63, 3.8) is 0 Å². The molecule has 0 aliphatic rings. The number of hydrogen-bond acceptors (Lipinski definition) is 6. The molecule has 2 aromatic rings. The van der Waals surface area contributed by atoms with E-state index in [-0.39, 0.29) is 17.7 Å². The number of primary amides is 1. The normalized spacial score (nSPS) is 12.1. The molecule has 0 fully saturated rings. The molecule has 2 rings (SSSR count). The molecular weight excluding hydrogens is 404 g/mol. The number of rotatable bonds is 8. The number of aliphatic carboxylic acids is 2. The van der Waals surface area contributed by atoms with E-state index in [9.17, 15) is 19.5 Å². The number of nitrogens with zero attached hydrogens (tertiary/aromatic N) is 1. The van der Waals surface area contributed by atoms with E-state index in [2.05, 4.69) is 0 Å². The van der Waals surface area contributed by atoms with Crippen molar-refractivity contribution in [2.24, 2.45) is 5.73 Å². The molecule has 0 aliphatic heterocycles. The molecule has 0 aliphatic carbocycles. The second-order valence-corrected chi connectivity index (χ2v) is 6.93. The Labute approximate surface area is 180 Å². The van der Waals surface area contributed by atoms with Crippen molar-refractivity contribution < 1.29 is 34.1 Å². The van der Waals surface area contributed by atoms with Crippen LogP contribution in [0.5, 0.6) is 5.75 Å². The Morgan fingerprint density at radius 3 is 2.06 bits per heavy atom. The fourth-order valence-corrected chi connectivity index (χ4v) is 2.70. The van der Waals surface area contributed by atoms with Gasteiger partial charge < -0.3 is 25.6 Å². The first-order valence-electron chi connectivity index (χ1n) is 9.26. The second kappa shape index (κ2) is 11.5. The number of benzene rings is 2. The number of esters is 1. The summed E-state index contributed by atoms with van der Waals surface area (Å²) in [5.74, 6) is -3.59. The average molecular weight is 430 g/mol. The van der Waals surface area contributed by atoms with E-state index in [0.717, 1.165) is 6.92 Å². The van der Waals surface area contributed by atoms with Crippen LogP contribution in [0.25, 0.3) is 0 Å². The van der Waals surface area contributed by atoms with Crippen LogP contribution in [0.3, 0.4) is 0 Å². The Kier molecular flexibility index (Phi) is 9.36. The van der Waals surface area contributed by atoms with Gasteiger partial charge in [-0.15, -0.1) is 0 Å². The van der Waals surface area contributed by atoms with Gasteiger partial charge in [-0.3, -0.25) is 14.4 Å². The molecule has 31 heavy (non-hydrogen) atoms. The third-order valence-corrected chi connectivity index (χ3v) is 4.27. The minimum absolute atomic E-state index is 0.0131. The highest BCUT2D eigenvalue weighted by Gasteiger charge is 2.46. The van der Waals surface area contributed by atoms with Crippen LogP contribution in [0, 0.1) is 0 Å². The van der Waals surface area contributed by atoms with Crippen LogP contribution in [0.1, 0.15) is 29.3 Å². The molecule has 166 valence electrons. The average Bonchev–Trinajstić information content (AvgIpc) is 2.68. The van der Waals surface area contributed by atoms with Gasteiger partial charge in [-0.25, -0.2) is 4.79 Å². The molecule has 2 aromatic carbocycles. The number of carboxylic acids is 2. The monoisotopic (exact) mass is 430 g/mol. The molecule has 1 atom stereocenters. The summed E-state index contributed by atoms with van der Waals surface area (Å²) in [7, 11) is 3.54. The van der Waals surface area contributed by atoms with E-state index in [1.165, 1.54) is 24.3 Å². The Bertz CT molecular complexity index is 908. The number of amides is 1. The van der Waals surface area contributed by atoms with E-state index in [1.54, 1.807) is 49.3 Å². The third-order valence-electron chi connectivity index (χ3n) is 4.27. The number of carbonyl (C=O) groups is 4. The summed E-state index contributed by atoms with van der Waals surface area (Å²) in [4.78, 5) is 47.1. The summed E-state index contributed by atoms with van der Waals surface area (Å²) >= 11 is 0. The van der Waals surface area contributed by atoms with Crippen LogP contribution in [-0.4, -0.2) is 59.6 Å². The van der Waals surface area contributed by atoms with Crippen molar-refractivity contribution in [3.8, 4) is 5.75 Å². The summed E-state index contributed by atoms with van der Waals surface area (Å²) in [5.41, 5.74) is 4.10. The van der Waals surface area contributed by atoms with Gasteiger partial charge in [0.1, 0.15) is 5.75 Å². The summed E-state index contributed by atoms with van der Waals surface area (Å²) < 4.78 is 5.33. The molecule has 0 bridgehead atoms. The Hall–Kier alpha value is -3.72. The second-order valence-electron chi connectivity index (χ2n) is 6.93. The summed E-state index contributed by atoms with van der Waals surface area (Å²) in [6, 6.07) is 14.3. The van der Waals surface area contributed by atoms with Crippen LogP contribution in [0.4, 0.5) is 0 Å². The first-order chi connectivity index (χ1) is 14.5. The van der Waals surface area contributed by atoms with Crippen molar-refractivity contribution in [2.45, 2.75) is 18.8 Å². The van der Waals surface area contributed by atoms with E-state index >= 15 is 0 Å². The van der Waals surface area contributed by atoms with E-state index in [4.69, 9.17) is 20.4 Å². The fraction of sp³-hybridized carbons (Fsp3) is 0.273. The zero-order valence-electron chi connectivity index (χ0n) is 17.6. The minimum Gasteiger partial charge on any atom is -0.481 e. The lowest BCUT2D eigenvalue weighted by Gasteiger charge is -2.28. The topological polar surface area (TPSA) is 147 Å². The number of ether oxygens (including phenoxy) is 1. The zero-order chi connectivity index (χ0) is 23.6. The van der Waals surface area contributed by atoms with Crippen molar-refractivity contribution in [2.75, 3.05) is 20.6 Å². The molecule has 0 saturated carbocycles. The number of nitrogens with two attached hydrogens (primary N) is 1. The minimum atomic E-state index is -1.92. The predicted molar refractivity (Wildman–Crippen MR) is 113 cm³/mol. The highest BCUT2D eigenvalue weighted by molar-refractivity contribution is 6.07. The third kappa shape index (κ3) is 7.23. The van der Waals surface area contributed by atoms with Crippen LogP contribution >= 0.6 is 0 Å². The van der Waals surface area contributed by atoms with Crippen LogP contribution in [0.2, 0.25) is 0 Å². The molecule has 0 radical (unpaired) electrons. The Balaban J connectivity index is 0.00000110. The Morgan fingerprint density at radius 1 is 1.00 bits per heavy atom. The maximum absolute atomic E-state index is 12.2. The molecule has 9 heteroatoms. The molecule has 1 unspecified atom stereocenters. The Morgan fingerprint density at radius 2 is 1.58 bits per heavy atom. The lowest BCUT2D eigenvalue weighted by atomic mass is 9.76. The number of carbonyl (C=O) groups excluding carboxylic acids is 2. The maximum atomic E-state index is 12.2. The van der Waals surface area contributed by atoms with Crippen molar-refractivity contribution in [1.82, 2.24) is 4.90 Å². The van der Waals surface area contributed by atoms with E-state index < -0.39 is 29.2 Å². The quantitative estimate of drug-likeness (QED) is 0.326. The first kappa shape index (κ1) is 25.3. The highest BCUT2D eigenvalue weighted by Crippen LogP contribution is 2.31. The maximum Gasteiger partial charge on any atom is 0.343 e. The van der Waals surface area contributed by atoms with Crippen molar-refractivity contribution in [3.05, 3.63) is 65.7 Å². The zero-order valence-corrected chi connectivity index (χ0v) is 17.6. The molecule has 0 aromatic heterocycles. The molecule has 0 spiro atoms. The molecular formula is C22H26N2O7. The number of carboxylic acid groups (broad SMARTS) is 2. The SMILES string of the molecule is CC(=O)O.CN(C)CCC(C(N)=O)(C(=O)O)c1cccc(OC(=O)c2ccccc2)c1. The van der Waals surface area contributed by atoms with Crippen molar-refractivity contribution >= 4 is 23.8 Å². The van der Waals surface area contributed by atoms with Gasteiger partial charge in [-0.1, -0.05) is 30.3 Å². The standard InChI is InChI=1S/C20H22N2O5.C2H4O2/c1-22(2)12-11-20(18(21)24,19(25)26)15-9-6-10-16(13-15)27-17(23)14-7-4-3-5-8-14;1-2(3)4/h3-10,13H,11-12H2,1-2H3,(H2,21,24)(H,25,26);1H3,(H,3,4). The van der Waals surface area contributed by atoms with Crippen LogP contribution in [0.15, 0.2) is 54.6 Å². The first-order valence-corrected chi connectivity index (χ1v) is 9.26. The molecule has 9 nitrogen and oxygen atoms in total. The smallest absolute Gasteiger partial charge is 0.343 e. The molecule has 4 N–H and O–H groups in total. The van der Waals surface area contributed by atoms with Gasteiger partial charge in [0.05, 0.1) is 5.56 Å². The van der Waals surface area contributed by atoms with Gasteiger partial charge in [0.25, 0.3) is 5.97 Å². The van der Waals surface area contributed by atoms with Gasteiger partial charge in [0, 0.05) is 6.92 Å². The molecule has 0 saturated heterocycles. The molecule has 1 amide bonds. The predicted octanol–water partition coefficient (Wildman–Crippen LogP) is 1.76. The molecule has 0 heterocycles. The van der Waals surface area contributed by atoms with Crippen LogP contribution < -0.4 is 10.5 Å². The number of hydrogen-bond donors (Lipinski definition) is 3.